The number of hydrogen-bond donors (Lipinski definition) is 1. The number of aryl methyl sites for hydroxylation is 1. The summed E-state index contributed by atoms with van der Waals surface area (Å²) in [6.45, 7) is 2.88. The number of pyridine rings is 1. The zero-order valence-electron chi connectivity index (χ0n) is 11.9. The molecule has 1 aliphatic carbocycles. The molecule has 2 aromatic rings. The molecule has 106 valence electrons. The normalized spacial score (nSPS) is 14.1. The second-order valence-corrected chi connectivity index (χ2v) is 6.03. The molecule has 3 rings (SSSR count). The van der Waals surface area contributed by atoms with Crippen LogP contribution in [0.15, 0.2) is 16.2 Å². The molecule has 0 atom stereocenters. The van der Waals surface area contributed by atoms with Crippen molar-refractivity contribution in [3.05, 3.63) is 33.1 Å². The van der Waals surface area contributed by atoms with Gasteiger partial charge in [-0.25, -0.2) is 4.98 Å². The van der Waals surface area contributed by atoms with Crippen LogP contribution in [-0.2, 0) is 19.9 Å². The van der Waals surface area contributed by atoms with Gasteiger partial charge in [-0.2, -0.15) is 0 Å². The number of fused-ring (bicyclic) bond motifs is 1. The molecule has 0 amide bonds. The van der Waals surface area contributed by atoms with Crippen molar-refractivity contribution < 1.29 is 0 Å². The summed E-state index contributed by atoms with van der Waals surface area (Å²) in [7, 11) is 1.88. The fraction of sp³-hybridized carbons (Fsp3) is 0.467. The topological polar surface area (TPSA) is 46.9 Å². The van der Waals surface area contributed by atoms with Crippen LogP contribution in [-0.4, -0.2) is 16.1 Å². The van der Waals surface area contributed by atoms with Crippen molar-refractivity contribution in [1.82, 2.24) is 9.55 Å². The Bertz CT molecular complexity index is 687. The highest BCUT2D eigenvalue weighted by Crippen LogP contribution is 2.26. The second-order valence-electron chi connectivity index (χ2n) is 5.17. The molecular weight excluding hydrogens is 270 g/mol. The molecule has 0 fully saturated rings. The van der Waals surface area contributed by atoms with E-state index in [4.69, 9.17) is 0 Å². The Morgan fingerprint density at radius 1 is 1.40 bits per heavy atom. The SMILES string of the molecule is CCNc1nc(-c2cc3c(n(C)c2=O)CCCC3)cs1. The first-order chi connectivity index (χ1) is 9.70. The maximum absolute atomic E-state index is 12.5. The summed E-state index contributed by atoms with van der Waals surface area (Å²) < 4.78 is 1.82. The van der Waals surface area contributed by atoms with Crippen LogP contribution < -0.4 is 10.9 Å². The van der Waals surface area contributed by atoms with Crippen LogP contribution in [0.5, 0.6) is 0 Å². The average molecular weight is 289 g/mol. The molecule has 0 radical (unpaired) electrons. The van der Waals surface area contributed by atoms with Gasteiger partial charge in [0.05, 0.1) is 11.3 Å². The quantitative estimate of drug-likeness (QED) is 0.945. The first-order valence-electron chi connectivity index (χ1n) is 7.12. The van der Waals surface area contributed by atoms with Crippen LogP contribution >= 0.6 is 11.3 Å². The Hall–Kier alpha value is -1.62. The largest absolute Gasteiger partial charge is 0.362 e. The number of aromatic nitrogens is 2. The Morgan fingerprint density at radius 3 is 3.00 bits per heavy atom. The van der Waals surface area contributed by atoms with E-state index in [9.17, 15) is 4.79 Å². The van der Waals surface area contributed by atoms with Gasteiger partial charge >= 0.3 is 0 Å². The van der Waals surface area contributed by atoms with Crippen molar-refractivity contribution in [2.75, 3.05) is 11.9 Å². The van der Waals surface area contributed by atoms with Crippen LogP contribution in [0.3, 0.4) is 0 Å². The molecule has 0 saturated carbocycles. The molecule has 20 heavy (non-hydrogen) atoms. The van der Waals surface area contributed by atoms with E-state index in [1.54, 1.807) is 11.3 Å². The fourth-order valence-electron chi connectivity index (χ4n) is 2.80. The van der Waals surface area contributed by atoms with E-state index < -0.39 is 0 Å². The van der Waals surface area contributed by atoms with E-state index in [1.807, 2.05) is 23.9 Å². The van der Waals surface area contributed by atoms with E-state index in [-0.39, 0.29) is 5.56 Å². The Morgan fingerprint density at radius 2 is 2.20 bits per heavy atom. The van der Waals surface area contributed by atoms with Crippen LogP contribution in [0.4, 0.5) is 5.13 Å². The predicted octanol–water partition coefficient (Wildman–Crippen LogP) is 2.82. The smallest absolute Gasteiger partial charge is 0.259 e. The Labute approximate surface area is 122 Å². The minimum atomic E-state index is 0.0685. The van der Waals surface area contributed by atoms with Gasteiger partial charge in [0.25, 0.3) is 5.56 Å². The van der Waals surface area contributed by atoms with Gasteiger partial charge in [-0.3, -0.25) is 4.79 Å². The molecule has 5 heteroatoms. The molecule has 4 nitrogen and oxygen atoms in total. The monoisotopic (exact) mass is 289 g/mol. The van der Waals surface area contributed by atoms with E-state index in [0.717, 1.165) is 35.8 Å². The van der Waals surface area contributed by atoms with Crippen LogP contribution in [0, 0.1) is 0 Å². The molecule has 0 saturated heterocycles. The lowest BCUT2D eigenvalue weighted by atomic mass is 9.94. The number of nitrogens with zero attached hydrogens (tertiary/aromatic N) is 2. The lowest BCUT2D eigenvalue weighted by Crippen LogP contribution is -2.25. The molecule has 2 aromatic heterocycles. The van der Waals surface area contributed by atoms with Crippen LogP contribution in [0.2, 0.25) is 0 Å². The van der Waals surface area contributed by atoms with E-state index in [1.165, 1.54) is 24.1 Å². The number of rotatable bonds is 3. The molecule has 0 aliphatic heterocycles. The van der Waals surface area contributed by atoms with E-state index in [0.29, 0.717) is 0 Å². The highest BCUT2D eigenvalue weighted by Gasteiger charge is 2.18. The molecule has 2 heterocycles. The average Bonchev–Trinajstić information content (AvgIpc) is 2.92. The third kappa shape index (κ3) is 2.26. The van der Waals surface area contributed by atoms with Gasteiger partial charge in [0, 0.05) is 24.7 Å². The van der Waals surface area contributed by atoms with Crippen molar-refractivity contribution in [2.24, 2.45) is 7.05 Å². The number of anilines is 1. The minimum absolute atomic E-state index is 0.0685. The molecule has 1 aliphatic rings. The Kier molecular flexibility index (Phi) is 3.61. The van der Waals surface area contributed by atoms with Gasteiger partial charge in [-0.05, 0) is 44.2 Å². The lowest BCUT2D eigenvalue weighted by molar-refractivity contribution is 0.624. The molecule has 0 unspecified atom stereocenters. The van der Waals surface area contributed by atoms with Crippen molar-refractivity contribution in [2.45, 2.75) is 32.6 Å². The highest BCUT2D eigenvalue weighted by atomic mass is 32.1. The number of hydrogen-bond acceptors (Lipinski definition) is 4. The summed E-state index contributed by atoms with van der Waals surface area (Å²) >= 11 is 1.55. The third-order valence-electron chi connectivity index (χ3n) is 3.85. The zero-order valence-corrected chi connectivity index (χ0v) is 12.7. The van der Waals surface area contributed by atoms with Crippen molar-refractivity contribution in [3.63, 3.8) is 0 Å². The second kappa shape index (κ2) is 5.40. The van der Waals surface area contributed by atoms with E-state index in [2.05, 4.69) is 16.4 Å². The van der Waals surface area contributed by atoms with Crippen LogP contribution in [0.25, 0.3) is 11.3 Å². The lowest BCUT2D eigenvalue weighted by Gasteiger charge is -2.19. The van der Waals surface area contributed by atoms with Crippen molar-refractivity contribution in [1.29, 1.82) is 0 Å². The van der Waals surface area contributed by atoms with E-state index >= 15 is 0 Å². The minimum Gasteiger partial charge on any atom is -0.362 e. The Balaban J connectivity index is 2.09. The maximum Gasteiger partial charge on any atom is 0.259 e. The van der Waals surface area contributed by atoms with Crippen LogP contribution in [0.1, 0.15) is 31.0 Å². The van der Waals surface area contributed by atoms with Gasteiger partial charge < -0.3 is 9.88 Å². The molecule has 1 N–H and O–H groups in total. The standard InChI is InChI=1S/C15H19N3OS/c1-3-16-15-17-12(9-20-15)11-8-10-6-4-5-7-13(10)18(2)14(11)19/h8-9H,3-7H2,1-2H3,(H,16,17). The summed E-state index contributed by atoms with van der Waals surface area (Å²) in [5.41, 5.74) is 4.10. The summed E-state index contributed by atoms with van der Waals surface area (Å²) in [4.78, 5) is 17.0. The van der Waals surface area contributed by atoms with Crippen molar-refractivity contribution in [3.8, 4) is 11.3 Å². The fourth-order valence-corrected chi connectivity index (χ4v) is 3.59. The summed E-state index contributed by atoms with van der Waals surface area (Å²) in [6.07, 6.45) is 4.48. The first-order valence-corrected chi connectivity index (χ1v) is 8.00. The number of thiazole rings is 1. The first kappa shape index (κ1) is 13.4. The van der Waals surface area contributed by atoms with Gasteiger partial charge in [0.15, 0.2) is 5.13 Å². The van der Waals surface area contributed by atoms with Gasteiger partial charge in [0.2, 0.25) is 0 Å². The van der Waals surface area contributed by atoms with Gasteiger partial charge in [-0.1, -0.05) is 0 Å². The molecule has 0 spiro atoms. The number of nitrogens with one attached hydrogen (secondary N) is 1. The van der Waals surface area contributed by atoms with Gasteiger partial charge in [0.1, 0.15) is 0 Å². The molecular formula is C15H19N3OS. The van der Waals surface area contributed by atoms with Crippen molar-refractivity contribution >= 4 is 16.5 Å². The summed E-state index contributed by atoms with van der Waals surface area (Å²) in [5, 5.41) is 6.03. The predicted molar refractivity (Wildman–Crippen MR) is 83.6 cm³/mol. The zero-order chi connectivity index (χ0) is 14.1. The maximum atomic E-state index is 12.5. The summed E-state index contributed by atoms with van der Waals surface area (Å²) in [6, 6.07) is 2.06. The summed E-state index contributed by atoms with van der Waals surface area (Å²) in [5.74, 6) is 0. The highest BCUT2D eigenvalue weighted by molar-refractivity contribution is 7.14. The van der Waals surface area contributed by atoms with Gasteiger partial charge in [-0.15, -0.1) is 11.3 Å². The third-order valence-corrected chi connectivity index (χ3v) is 4.65. The molecule has 0 bridgehead atoms. The molecule has 0 aromatic carbocycles.